The Morgan fingerprint density at radius 1 is 1.05 bits per heavy atom. The van der Waals surface area contributed by atoms with E-state index < -0.39 is 0 Å². The molecule has 2 aromatic carbocycles. The molecule has 21 heavy (non-hydrogen) atoms. The Kier molecular flexibility index (Phi) is 3.11. The summed E-state index contributed by atoms with van der Waals surface area (Å²) in [5, 5.41) is 3.05. The summed E-state index contributed by atoms with van der Waals surface area (Å²) >= 11 is 3.63. The molecular formula is C18H16BrNO. The number of nitrogens with one attached hydrogen (secondary N) is 1. The molecule has 1 heterocycles. The summed E-state index contributed by atoms with van der Waals surface area (Å²) in [5.74, 6) is 0.261. The number of carbonyl (C=O) groups excluding carboxylic acids is 1. The quantitative estimate of drug-likeness (QED) is 0.817. The van der Waals surface area contributed by atoms with E-state index in [4.69, 9.17) is 0 Å². The molecule has 1 amide bonds. The smallest absolute Gasteiger partial charge is 0.225 e. The van der Waals surface area contributed by atoms with Crippen LogP contribution in [0.15, 0.2) is 40.9 Å². The van der Waals surface area contributed by atoms with Crippen LogP contribution in [0.1, 0.15) is 41.0 Å². The second kappa shape index (κ2) is 4.99. The van der Waals surface area contributed by atoms with Crippen molar-refractivity contribution >= 4 is 27.5 Å². The minimum Gasteiger partial charge on any atom is -0.326 e. The Hall–Kier alpha value is -1.61. The largest absolute Gasteiger partial charge is 0.326 e. The van der Waals surface area contributed by atoms with Gasteiger partial charge < -0.3 is 5.32 Å². The Balaban J connectivity index is 1.88. The molecule has 0 saturated heterocycles. The Bertz CT molecular complexity index is 738. The van der Waals surface area contributed by atoms with Crippen LogP contribution < -0.4 is 5.32 Å². The summed E-state index contributed by atoms with van der Waals surface area (Å²) < 4.78 is 1.08. The van der Waals surface area contributed by atoms with E-state index in [9.17, 15) is 4.79 Å². The molecule has 0 fully saturated rings. The Morgan fingerprint density at radius 2 is 1.81 bits per heavy atom. The zero-order valence-electron chi connectivity index (χ0n) is 11.7. The molecule has 0 unspecified atom stereocenters. The number of rotatable bonds is 1. The molecule has 4 rings (SSSR count). The lowest BCUT2D eigenvalue weighted by molar-refractivity contribution is -0.116. The fourth-order valence-corrected chi connectivity index (χ4v) is 4.13. The van der Waals surface area contributed by atoms with E-state index in [1.165, 1.54) is 35.1 Å². The van der Waals surface area contributed by atoms with Gasteiger partial charge in [0, 0.05) is 22.5 Å². The van der Waals surface area contributed by atoms with E-state index in [0.717, 1.165) is 16.6 Å². The van der Waals surface area contributed by atoms with Crippen LogP contribution >= 0.6 is 15.9 Å². The van der Waals surface area contributed by atoms with Gasteiger partial charge in [-0.1, -0.05) is 40.2 Å². The van der Waals surface area contributed by atoms with Crippen molar-refractivity contribution in [1.29, 1.82) is 0 Å². The van der Waals surface area contributed by atoms with Gasteiger partial charge in [0.25, 0.3) is 0 Å². The SMILES string of the molecule is O=C1C[C@@H](c2ccccc2Br)c2cc3c(cc2N1)CCC3. The van der Waals surface area contributed by atoms with Crippen LogP contribution in [0.2, 0.25) is 0 Å². The van der Waals surface area contributed by atoms with Crippen molar-refractivity contribution in [2.24, 2.45) is 0 Å². The number of hydrogen-bond acceptors (Lipinski definition) is 1. The fourth-order valence-electron chi connectivity index (χ4n) is 3.57. The first-order chi connectivity index (χ1) is 10.2. The van der Waals surface area contributed by atoms with Crippen LogP contribution in [0.25, 0.3) is 0 Å². The second-order valence-corrected chi connectivity index (χ2v) is 6.74. The number of carbonyl (C=O) groups is 1. The number of amides is 1. The minimum atomic E-state index is 0.112. The Morgan fingerprint density at radius 3 is 2.62 bits per heavy atom. The molecule has 3 heteroatoms. The van der Waals surface area contributed by atoms with Crippen molar-refractivity contribution < 1.29 is 4.79 Å². The summed E-state index contributed by atoms with van der Waals surface area (Å²) in [4.78, 5) is 12.1. The first-order valence-corrected chi connectivity index (χ1v) is 8.21. The first kappa shape index (κ1) is 13.1. The summed E-state index contributed by atoms with van der Waals surface area (Å²) in [6, 6.07) is 12.7. The Labute approximate surface area is 132 Å². The lowest BCUT2D eigenvalue weighted by Gasteiger charge is -2.27. The molecule has 0 saturated carbocycles. The molecule has 1 aliphatic heterocycles. The van der Waals surface area contributed by atoms with Gasteiger partial charge in [0.05, 0.1) is 0 Å². The van der Waals surface area contributed by atoms with Gasteiger partial charge in [0.15, 0.2) is 0 Å². The first-order valence-electron chi connectivity index (χ1n) is 7.42. The highest BCUT2D eigenvalue weighted by Gasteiger charge is 2.29. The van der Waals surface area contributed by atoms with Crippen molar-refractivity contribution in [3.05, 3.63) is 63.1 Å². The number of benzene rings is 2. The van der Waals surface area contributed by atoms with Gasteiger partial charge in [0.2, 0.25) is 5.91 Å². The van der Waals surface area contributed by atoms with Crippen molar-refractivity contribution in [2.75, 3.05) is 5.32 Å². The van der Waals surface area contributed by atoms with Gasteiger partial charge >= 0.3 is 0 Å². The highest BCUT2D eigenvalue weighted by atomic mass is 79.9. The average molecular weight is 342 g/mol. The lowest BCUT2D eigenvalue weighted by Crippen LogP contribution is -2.24. The maximum atomic E-state index is 12.1. The van der Waals surface area contributed by atoms with E-state index in [2.05, 4.69) is 45.5 Å². The molecule has 106 valence electrons. The van der Waals surface area contributed by atoms with Crippen LogP contribution in [0, 0.1) is 0 Å². The monoisotopic (exact) mass is 341 g/mol. The van der Waals surface area contributed by atoms with E-state index in [1.807, 2.05) is 12.1 Å². The van der Waals surface area contributed by atoms with Gasteiger partial charge in [-0.15, -0.1) is 0 Å². The van der Waals surface area contributed by atoms with Crippen LogP contribution in [-0.4, -0.2) is 5.91 Å². The number of halogens is 1. The van der Waals surface area contributed by atoms with Gasteiger partial charge in [0.1, 0.15) is 0 Å². The molecule has 2 aliphatic rings. The molecule has 1 aliphatic carbocycles. The fraction of sp³-hybridized carbons (Fsp3) is 0.278. The highest BCUT2D eigenvalue weighted by Crippen LogP contribution is 2.42. The second-order valence-electron chi connectivity index (χ2n) is 5.89. The molecule has 2 aromatic rings. The molecule has 1 atom stereocenters. The van der Waals surface area contributed by atoms with Gasteiger partial charge in [-0.3, -0.25) is 4.79 Å². The minimum absolute atomic E-state index is 0.112. The third kappa shape index (κ3) is 2.20. The van der Waals surface area contributed by atoms with Crippen LogP contribution in [0.5, 0.6) is 0 Å². The average Bonchev–Trinajstić information content (AvgIpc) is 2.92. The normalized spacial score (nSPS) is 19.9. The van der Waals surface area contributed by atoms with Crippen LogP contribution in [0.3, 0.4) is 0 Å². The van der Waals surface area contributed by atoms with E-state index >= 15 is 0 Å². The third-order valence-electron chi connectivity index (χ3n) is 4.58. The summed E-state index contributed by atoms with van der Waals surface area (Å²) in [7, 11) is 0. The van der Waals surface area contributed by atoms with Crippen LogP contribution in [0.4, 0.5) is 5.69 Å². The maximum absolute atomic E-state index is 12.1. The number of aryl methyl sites for hydroxylation is 2. The topological polar surface area (TPSA) is 29.1 Å². The third-order valence-corrected chi connectivity index (χ3v) is 5.31. The zero-order valence-corrected chi connectivity index (χ0v) is 13.2. The van der Waals surface area contributed by atoms with Crippen molar-refractivity contribution in [2.45, 2.75) is 31.6 Å². The zero-order chi connectivity index (χ0) is 14.4. The number of fused-ring (bicyclic) bond motifs is 2. The summed E-state index contributed by atoms with van der Waals surface area (Å²) in [6.45, 7) is 0. The predicted molar refractivity (Wildman–Crippen MR) is 87.7 cm³/mol. The molecule has 1 N–H and O–H groups in total. The maximum Gasteiger partial charge on any atom is 0.225 e. The van der Waals surface area contributed by atoms with Crippen molar-refractivity contribution in [3.63, 3.8) is 0 Å². The number of anilines is 1. The summed E-state index contributed by atoms with van der Waals surface area (Å²) in [6.07, 6.45) is 4.05. The van der Waals surface area contributed by atoms with E-state index in [1.54, 1.807) is 0 Å². The molecule has 0 bridgehead atoms. The molecule has 0 spiro atoms. The number of hydrogen-bond donors (Lipinski definition) is 1. The van der Waals surface area contributed by atoms with Crippen LogP contribution in [-0.2, 0) is 17.6 Å². The van der Waals surface area contributed by atoms with Gasteiger partial charge in [-0.25, -0.2) is 0 Å². The van der Waals surface area contributed by atoms with Crippen molar-refractivity contribution in [1.82, 2.24) is 0 Å². The highest BCUT2D eigenvalue weighted by molar-refractivity contribution is 9.10. The molecule has 0 radical (unpaired) electrons. The molecular weight excluding hydrogens is 326 g/mol. The van der Waals surface area contributed by atoms with E-state index in [0.29, 0.717) is 6.42 Å². The standard InChI is InChI=1S/C18H16BrNO/c19-16-7-2-1-6-13(16)14-10-18(21)20-17-9-12-5-3-4-11(12)8-15(14)17/h1-2,6-9,14H,3-5,10H2,(H,20,21)/t14-/m0/s1. The van der Waals surface area contributed by atoms with E-state index in [-0.39, 0.29) is 11.8 Å². The molecule has 2 nitrogen and oxygen atoms in total. The lowest BCUT2D eigenvalue weighted by atomic mass is 9.83. The molecule has 0 aromatic heterocycles. The van der Waals surface area contributed by atoms with Gasteiger partial charge in [-0.2, -0.15) is 0 Å². The van der Waals surface area contributed by atoms with Crippen molar-refractivity contribution in [3.8, 4) is 0 Å². The predicted octanol–water partition coefficient (Wildman–Crippen LogP) is 4.41. The summed E-state index contributed by atoms with van der Waals surface area (Å²) in [5.41, 5.74) is 6.34. The van der Waals surface area contributed by atoms with Gasteiger partial charge in [-0.05, 0) is 53.6 Å².